The van der Waals surface area contributed by atoms with Crippen LogP contribution in [0.25, 0.3) is 0 Å². The SMILES string of the molecule is CC(N)N1CCc2cnccc21. The van der Waals surface area contributed by atoms with Gasteiger partial charge in [-0.05, 0) is 25.0 Å². The molecule has 1 aromatic heterocycles. The standard InChI is InChI=1S/C9H13N3/c1-7(10)12-5-3-8-6-11-4-2-9(8)12/h2,4,6-7H,3,5,10H2,1H3. The molecular formula is C9H13N3. The molecule has 12 heavy (non-hydrogen) atoms. The molecule has 1 aliphatic heterocycles. The van der Waals surface area contributed by atoms with E-state index < -0.39 is 0 Å². The lowest BCUT2D eigenvalue weighted by Crippen LogP contribution is -2.38. The Morgan fingerprint density at radius 3 is 3.25 bits per heavy atom. The zero-order valence-corrected chi connectivity index (χ0v) is 7.20. The van der Waals surface area contributed by atoms with Crippen LogP contribution in [0.4, 0.5) is 5.69 Å². The second-order valence-electron chi connectivity index (χ2n) is 3.19. The summed E-state index contributed by atoms with van der Waals surface area (Å²) in [4.78, 5) is 6.29. The Hall–Kier alpha value is -1.09. The number of aromatic nitrogens is 1. The van der Waals surface area contributed by atoms with E-state index in [2.05, 4.69) is 9.88 Å². The van der Waals surface area contributed by atoms with Crippen molar-refractivity contribution in [3.8, 4) is 0 Å². The number of fused-ring (bicyclic) bond motifs is 1. The number of rotatable bonds is 1. The van der Waals surface area contributed by atoms with Crippen LogP contribution in [0, 0.1) is 0 Å². The molecule has 0 aromatic carbocycles. The summed E-state index contributed by atoms with van der Waals surface area (Å²) in [7, 11) is 0. The van der Waals surface area contributed by atoms with E-state index in [0.717, 1.165) is 13.0 Å². The first-order valence-electron chi connectivity index (χ1n) is 4.24. The van der Waals surface area contributed by atoms with Crippen LogP contribution in [0.3, 0.4) is 0 Å². The molecule has 0 aliphatic carbocycles. The summed E-state index contributed by atoms with van der Waals surface area (Å²) in [5.41, 5.74) is 8.38. The van der Waals surface area contributed by atoms with Gasteiger partial charge in [-0.25, -0.2) is 0 Å². The summed E-state index contributed by atoms with van der Waals surface area (Å²) in [5, 5.41) is 0. The zero-order chi connectivity index (χ0) is 8.55. The van der Waals surface area contributed by atoms with Crippen LogP contribution < -0.4 is 10.6 Å². The molecule has 0 spiro atoms. The third kappa shape index (κ3) is 1.06. The highest BCUT2D eigenvalue weighted by Crippen LogP contribution is 2.26. The Kier molecular flexibility index (Phi) is 1.73. The molecule has 2 rings (SSSR count). The molecule has 1 unspecified atom stereocenters. The fourth-order valence-corrected chi connectivity index (χ4v) is 1.68. The molecule has 1 aliphatic rings. The molecule has 2 N–H and O–H groups in total. The van der Waals surface area contributed by atoms with Gasteiger partial charge in [0.2, 0.25) is 0 Å². The van der Waals surface area contributed by atoms with Gasteiger partial charge in [-0.2, -0.15) is 0 Å². The van der Waals surface area contributed by atoms with Crippen molar-refractivity contribution in [2.45, 2.75) is 19.5 Å². The van der Waals surface area contributed by atoms with Crippen molar-refractivity contribution in [3.05, 3.63) is 24.0 Å². The molecule has 3 heteroatoms. The van der Waals surface area contributed by atoms with Gasteiger partial charge in [-0.15, -0.1) is 0 Å². The Balaban J connectivity index is 2.36. The van der Waals surface area contributed by atoms with E-state index in [1.165, 1.54) is 11.3 Å². The quantitative estimate of drug-likeness (QED) is 0.664. The Morgan fingerprint density at radius 2 is 2.50 bits per heavy atom. The third-order valence-electron chi connectivity index (χ3n) is 2.30. The van der Waals surface area contributed by atoms with E-state index in [-0.39, 0.29) is 6.17 Å². The largest absolute Gasteiger partial charge is 0.356 e. The maximum Gasteiger partial charge on any atom is 0.0742 e. The van der Waals surface area contributed by atoms with Crippen molar-refractivity contribution < 1.29 is 0 Å². The van der Waals surface area contributed by atoms with Gasteiger partial charge in [0.1, 0.15) is 0 Å². The van der Waals surface area contributed by atoms with E-state index in [1.54, 1.807) is 0 Å². The molecule has 2 heterocycles. The summed E-state index contributed by atoms with van der Waals surface area (Å²) >= 11 is 0. The predicted octanol–water partition coefficient (Wildman–Crippen LogP) is 0.749. The number of pyridine rings is 1. The van der Waals surface area contributed by atoms with Crippen molar-refractivity contribution >= 4 is 5.69 Å². The van der Waals surface area contributed by atoms with Crippen molar-refractivity contribution in [1.29, 1.82) is 0 Å². The Morgan fingerprint density at radius 1 is 1.67 bits per heavy atom. The second-order valence-corrected chi connectivity index (χ2v) is 3.19. The number of hydrogen-bond donors (Lipinski definition) is 1. The highest BCUT2D eigenvalue weighted by atomic mass is 15.2. The minimum absolute atomic E-state index is 0.105. The topological polar surface area (TPSA) is 42.1 Å². The van der Waals surface area contributed by atoms with E-state index in [1.807, 2.05) is 25.4 Å². The average Bonchev–Trinajstić information content (AvgIpc) is 2.47. The zero-order valence-electron chi connectivity index (χ0n) is 7.20. The summed E-state index contributed by atoms with van der Waals surface area (Å²) in [5.74, 6) is 0. The number of nitrogens with zero attached hydrogens (tertiary/aromatic N) is 2. The van der Waals surface area contributed by atoms with Crippen molar-refractivity contribution in [2.75, 3.05) is 11.4 Å². The number of nitrogens with two attached hydrogens (primary N) is 1. The van der Waals surface area contributed by atoms with E-state index in [9.17, 15) is 0 Å². The van der Waals surface area contributed by atoms with Crippen LogP contribution in [0.5, 0.6) is 0 Å². The lowest BCUT2D eigenvalue weighted by Gasteiger charge is -2.23. The first-order valence-corrected chi connectivity index (χ1v) is 4.24. The number of hydrogen-bond acceptors (Lipinski definition) is 3. The molecule has 0 fully saturated rings. The lowest BCUT2D eigenvalue weighted by atomic mass is 10.2. The molecular weight excluding hydrogens is 150 g/mol. The summed E-state index contributed by atoms with van der Waals surface area (Å²) < 4.78 is 0. The molecule has 1 aromatic rings. The van der Waals surface area contributed by atoms with Crippen LogP contribution in [0.15, 0.2) is 18.5 Å². The highest BCUT2D eigenvalue weighted by molar-refractivity contribution is 5.56. The molecule has 0 amide bonds. The smallest absolute Gasteiger partial charge is 0.0742 e. The maximum absolute atomic E-state index is 5.82. The summed E-state index contributed by atoms with van der Waals surface area (Å²) in [6.07, 6.45) is 4.93. The summed E-state index contributed by atoms with van der Waals surface area (Å²) in [6, 6.07) is 2.03. The minimum atomic E-state index is 0.105. The van der Waals surface area contributed by atoms with E-state index >= 15 is 0 Å². The molecule has 1 atom stereocenters. The predicted molar refractivity (Wildman–Crippen MR) is 48.9 cm³/mol. The maximum atomic E-state index is 5.82. The van der Waals surface area contributed by atoms with Gasteiger partial charge in [0.25, 0.3) is 0 Å². The summed E-state index contributed by atoms with van der Waals surface area (Å²) in [6.45, 7) is 3.04. The van der Waals surface area contributed by atoms with Crippen LogP contribution >= 0.6 is 0 Å². The fourth-order valence-electron chi connectivity index (χ4n) is 1.68. The normalized spacial score (nSPS) is 17.7. The molecule has 0 saturated carbocycles. The van der Waals surface area contributed by atoms with Gasteiger partial charge in [-0.3, -0.25) is 4.98 Å². The molecule has 3 nitrogen and oxygen atoms in total. The molecule has 64 valence electrons. The van der Waals surface area contributed by atoms with Crippen LogP contribution in [-0.4, -0.2) is 17.7 Å². The van der Waals surface area contributed by atoms with E-state index in [4.69, 9.17) is 5.73 Å². The van der Waals surface area contributed by atoms with Gasteiger partial charge in [-0.1, -0.05) is 0 Å². The lowest BCUT2D eigenvalue weighted by molar-refractivity contribution is 0.682. The Labute approximate surface area is 72.2 Å². The second kappa shape index (κ2) is 2.75. The van der Waals surface area contributed by atoms with Gasteiger partial charge >= 0.3 is 0 Å². The van der Waals surface area contributed by atoms with E-state index in [0.29, 0.717) is 0 Å². The van der Waals surface area contributed by atoms with Gasteiger partial charge in [0, 0.05) is 24.6 Å². The van der Waals surface area contributed by atoms with Crippen LogP contribution in [-0.2, 0) is 6.42 Å². The molecule has 0 saturated heterocycles. The number of anilines is 1. The van der Waals surface area contributed by atoms with Crippen molar-refractivity contribution in [3.63, 3.8) is 0 Å². The minimum Gasteiger partial charge on any atom is -0.356 e. The fraction of sp³-hybridized carbons (Fsp3) is 0.444. The monoisotopic (exact) mass is 163 g/mol. The first-order chi connectivity index (χ1) is 5.79. The highest BCUT2D eigenvalue weighted by Gasteiger charge is 2.20. The average molecular weight is 163 g/mol. The van der Waals surface area contributed by atoms with Crippen molar-refractivity contribution in [1.82, 2.24) is 4.98 Å². The third-order valence-corrected chi connectivity index (χ3v) is 2.30. The first kappa shape index (κ1) is 7.55. The Bertz CT molecular complexity index is 283. The van der Waals surface area contributed by atoms with Crippen molar-refractivity contribution in [2.24, 2.45) is 5.73 Å². The van der Waals surface area contributed by atoms with Crippen LogP contribution in [0.2, 0.25) is 0 Å². The van der Waals surface area contributed by atoms with Crippen LogP contribution in [0.1, 0.15) is 12.5 Å². The van der Waals surface area contributed by atoms with Gasteiger partial charge < -0.3 is 10.6 Å². The van der Waals surface area contributed by atoms with Gasteiger partial charge in [0.05, 0.1) is 6.17 Å². The van der Waals surface area contributed by atoms with Gasteiger partial charge in [0.15, 0.2) is 0 Å². The molecule has 0 bridgehead atoms. The molecule has 0 radical (unpaired) electrons.